The van der Waals surface area contributed by atoms with Crippen LogP contribution in [0.5, 0.6) is 0 Å². The molecular weight excluding hydrogens is 135 g/mol. The van der Waals surface area contributed by atoms with E-state index in [-0.39, 0.29) is 18.9 Å². The molecule has 0 atom stereocenters. The second-order valence-electron chi connectivity index (χ2n) is 1.89. The van der Waals surface area contributed by atoms with Crippen LogP contribution in [0.2, 0.25) is 0 Å². The Bertz CT molecular complexity index is 254. The van der Waals surface area contributed by atoms with E-state index in [0.717, 1.165) is 0 Å². The first kappa shape index (κ1) is 8.12. The molecule has 2 heterocycles. The molecule has 0 unspecified atom stereocenters. The third-order valence-corrected chi connectivity index (χ3v) is 1.25. The Labute approximate surface area is 76.0 Å². The van der Waals surface area contributed by atoms with Gasteiger partial charge in [0.25, 0.3) is 0 Å². The zero-order valence-electron chi connectivity index (χ0n) is 5.25. The van der Waals surface area contributed by atoms with Crippen LogP contribution in [0.15, 0.2) is 37.4 Å². The molecular formula is C6H7LiN4. The molecule has 4 nitrogen and oxygen atoms in total. The van der Waals surface area contributed by atoms with Crippen LogP contribution < -0.4 is 0 Å². The fourth-order valence-corrected chi connectivity index (χ4v) is 0.777. The molecule has 0 aliphatic rings. The van der Waals surface area contributed by atoms with Gasteiger partial charge in [-0.05, 0) is 0 Å². The summed E-state index contributed by atoms with van der Waals surface area (Å²) in [5.74, 6) is 0. The van der Waals surface area contributed by atoms with E-state index in [1.54, 1.807) is 25.0 Å². The van der Waals surface area contributed by atoms with Crippen LogP contribution in [-0.2, 0) is 0 Å². The number of imidazole rings is 2. The van der Waals surface area contributed by atoms with E-state index >= 15 is 0 Å². The van der Waals surface area contributed by atoms with Crippen LogP contribution in [-0.4, -0.2) is 38.2 Å². The molecule has 0 aromatic carbocycles. The molecule has 0 saturated heterocycles. The molecule has 0 aliphatic carbocycles. The number of hydrogen-bond acceptors (Lipinski definition) is 2. The summed E-state index contributed by atoms with van der Waals surface area (Å²) in [6.07, 6.45) is 10.6. The summed E-state index contributed by atoms with van der Waals surface area (Å²) in [4.78, 5) is 7.78. The van der Waals surface area contributed by atoms with E-state index in [2.05, 4.69) is 9.97 Å². The van der Waals surface area contributed by atoms with Crippen molar-refractivity contribution >= 4 is 18.9 Å². The molecule has 0 N–H and O–H groups in total. The molecule has 11 heavy (non-hydrogen) atoms. The van der Waals surface area contributed by atoms with Crippen molar-refractivity contribution < 1.29 is 0 Å². The average molecular weight is 142 g/mol. The summed E-state index contributed by atoms with van der Waals surface area (Å²) in [5.41, 5.74) is 0. The van der Waals surface area contributed by atoms with E-state index in [4.69, 9.17) is 0 Å². The maximum atomic E-state index is 3.89. The summed E-state index contributed by atoms with van der Waals surface area (Å²) < 4.78 is 3.65. The summed E-state index contributed by atoms with van der Waals surface area (Å²) in [7, 11) is 0. The van der Waals surface area contributed by atoms with Gasteiger partial charge in [-0.2, -0.15) is 0 Å². The van der Waals surface area contributed by atoms with Gasteiger partial charge in [0.2, 0.25) is 0 Å². The Hall–Kier alpha value is -0.983. The topological polar surface area (TPSA) is 35.6 Å². The van der Waals surface area contributed by atoms with Crippen LogP contribution in [0.25, 0.3) is 0 Å². The molecule has 0 bridgehead atoms. The number of rotatable bonds is 1. The average Bonchev–Trinajstić information content (AvgIpc) is 2.59. The quantitative estimate of drug-likeness (QED) is 0.514. The van der Waals surface area contributed by atoms with Gasteiger partial charge < -0.3 is 0 Å². The van der Waals surface area contributed by atoms with Crippen molar-refractivity contribution in [2.24, 2.45) is 0 Å². The third kappa shape index (κ3) is 1.53. The molecule has 0 aliphatic heterocycles. The largest absolute Gasteiger partial charge is 0.243 e. The van der Waals surface area contributed by atoms with E-state index < -0.39 is 0 Å². The second kappa shape index (κ2) is 3.42. The monoisotopic (exact) mass is 142 g/mol. The predicted molar refractivity (Wildman–Crippen MR) is 42.4 cm³/mol. The van der Waals surface area contributed by atoms with Crippen LogP contribution in [0.1, 0.15) is 0 Å². The fraction of sp³-hybridized carbons (Fsp3) is 0. The van der Waals surface area contributed by atoms with E-state index in [1.165, 1.54) is 0 Å². The van der Waals surface area contributed by atoms with Crippen LogP contribution in [0.4, 0.5) is 0 Å². The number of nitrogens with zero attached hydrogens (tertiary/aromatic N) is 4. The van der Waals surface area contributed by atoms with Crippen molar-refractivity contribution in [3.05, 3.63) is 37.4 Å². The van der Waals surface area contributed by atoms with Gasteiger partial charge in [-0.15, -0.1) is 0 Å². The van der Waals surface area contributed by atoms with Gasteiger partial charge in [0, 0.05) is 24.8 Å². The van der Waals surface area contributed by atoms with Gasteiger partial charge in [-0.1, -0.05) is 0 Å². The Kier molecular flexibility index (Phi) is 2.52. The zero-order chi connectivity index (χ0) is 6.81. The van der Waals surface area contributed by atoms with Gasteiger partial charge in [-0.3, -0.25) is 0 Å². The molecule has 52 valence electrons. The molecule has 0 amide bonds. The molecule has 0 saturated carbocycles. The minimum atomic E-state index is 0. The van der Waals surface area contributed by atoms with Crippen LogP contribution in [0.3, 0.4) is 0 Å². The van der Waals surface area contributed by atoms with Crippen molar-refractivity contribution in [2.45, 2.75) is 0 Å². The maximum absolute atomic E-state index is 3.89. The Morgan fingerprint density at radius 2 is 1.27 bits per heavy atom. The maximum Gasteiger partial charge on any atom is 0.115 e. The van der Waals surface area contributed by atoms with Crippen molar-refractivity contribution in [3.63, 3.8) is 0 Å². The van der Waals surface area contributed by atoms with E-state index in [9.17, 15) is 0 Å². The van der Waals surface area contributed by atoms with E-state index in [1.807, 2.05) is 21.7 Å². The van der Waals surface area contributed by atoms with Crippen molar-refractivity contribution in [1.82, 2.24) is 19.3 Å². The summed E-state index contributed by atoms with van der Waals surface area (Å²) in [6, 6.07) is 0. The first-order valence-electron chi connectivity index (χ1n) is 2.93. The van der Waals surface area contributed by atoms with Gasteiger partial charge in [0.15, 0.2) is 0 Å². The normalized spacial score (nSPS) is 9.09. The van der Waals surface area contributed by atoms with Crippen LogP contribution >= 0.6 is 0 Å². The molecule has 2 rings (SSSR count). The molecule has 0 fully saturated rings. The Morgan fingerprint density at radius 1 is 0.818 bits per heavy atom. The first-order chi connectivity index (χ1) is 4.97. The Balaban J connectivity index is 0.000000605. The molecule has 5 heteroatoms. The minimum Gasteiger partial charge on any atom is -0.243 e. The SMILES string of the molecule is [LiH].c1cn(-n2ccnc2)cn1. The van der Waals surface area contributed by atoms with Gasteiger partial charge in [0.1, 0.15) is 12.7 Å². The second-order valence-corrected chi connectivity index (χ2v) is 1.89. The predicted octanol–water partition coefficient (Wildman–Crippen LogP) is -0.258. The fourth-order valence-electron chi connectivity index (χ4n) is 0.777. The van der Waals surface area contributed by atoms with Gasteiger partial charge >= 0.3 is 18.9 Å². The van der Waals surface area contributed by atoms with Crippen molar-refractivity contribution in [1.29, 1.82) is 0 Å². The van der Waals surface area contributed by atoms with E-state index in [0.29, 0.717) is 0 Å². The minimum absolute atomic E-state index is 0. The Morgan fingerprint density at radius 3 is 1.55 bits per heavy atom. The van der Waals surface area contributed by atoms with Crippen molar-refractivity contribution in [3.8, 4) is 0 Å². The molecule has 2 aromatic rings. The zero-order valence-corrected chi connectivity index (χ0v) is 5.25. The number of hydrogen-bond donors (Lipinski definition) is 0. The standard InChI is InChI=1S/C6H6N4.Li.H/c1-3-9(5-7-1)10-4-2-8-6-10;;/h1-6H;;. The summed E-state index contributed by atoms with van der Waals surface area (Å²) in [6.45, 7) is 0. The molecule has 0 radical (unpaired) electrons. The summed E-state index contributed by atoms with van der Waals surface area (Å²) in [5, 5.41) is 0. The smallest absolute Gasteiger partial charge is 0.115 e. The van der Waals surface area contributed by atoms with Crippen molar-refractivity contribution in [2.75, 3.05) is 0 Å². The summed E-state index contributed by atoms with van der Waals surface area (Å²) >= 11 is 0. The van der Waals surface area contributed by atoms with Crippen LogP contribution in [0, 0.1) is 0 Å². The molecule has 0 spiro atoms. The third-order valence-electron chi connectivity index (χ3n) is 1.25. The first-order valence-corrected chi connectivity index (χ1v) is 2.93. The molecule has 2 aromatic heterocycles. The van der Waals surface area contributed by atoms with Gasteiger partial charge in [-0.25, -0.2) is 19.3 Å². The van der Waals surface area contributed by atoms with Gasteiger partial charge in [0.05, 0.1) is 0 Å². The number of aromatic nitrogens is 4.